The summed E-state index contributed by atoms with van der Waals surface area (Å²) in [6, 6.07) is 10.6. The van der Waals surface area contributed by atoms with Gasteiger partial charge in [-0.15, -0.1) is 0 Å². The van der Waals surface area contributed by atoms with E-state index in [2.05, 4.69) is 14.8 Å². The normalized spacial score (nSPS) is 11.3. The average molecular weight is 274 g/mol. The molecular formula is C13H14N4O3. The summed E-state index contributed by atoms with van der Waals surface area (Å²) in [6.07, 6.45) is 1.58. The van der Waals surface area contributed by atoms with Crippen LogP contribution in [-0.4, -0.2) is 28.7 Å². The van der Waals surface area contributed by atoms with Gasteiger partial charge in [0.05, 0.1) is 0 Å². The van der Waals surface area contributed by atoms with Crippen molar-refractivity contribution in [3.63, 3.8) is 0 Å². The lowest BCUT2D eigenvalue weighted by atomic mass is 10.2. The summed E-state index contributed by atoms with van der Waals surface area (Å²) >= 11 is 0. The van der Waals surface area contributed by atoms with Crippen LogP contribution in [-0.2, 0) is 0 Å². The van der Waals surface area contributed by atoms with Crippen LogP contribution in [0.3, 0.4) is 0 Å². The van der Waals surface area contributed by atoms with E-state index in [1.807, 2.05) is 18.2 Å². The summed E-state index contributed by atoms with van der Waals surface area (Å²) in [5, 5.41) is 15.1. The molecule has 0 saturated carbocycles. The molecule has 20 heavy (non-hydrogen) atoms. The number of nitrogens with zero attached hydrogens (tertiary/aromatic N) is 3. The SMILES string of the molecule is NC(CCN(C(=O)c1ccon1)c1ccccc1)=NO. The van der Waals surface area contributed by atoms with Crippen molar-refractivity contribution in [2.24, 2.45) is 10.9 Å². The highest BCUT2D eigenvalue weighted by Gasteiger charge is 2.20. The fourth-order valence-corrected chi connectivity index (χ4v) is 1.69. The molecule has 3 N–H and O–H groups in total. The zero-order valence-corrected chi connectivity index (χ0v) is 10.6. The van der Waals surface area contributed by atoms with Gasteiger partial charge in [0.25, 0.3) is 5.91 Å². The highest BCUT2D eigenvalue weighted by atomic mass is 16.5. The number of amides is 1. The second kappa shape index (κ2) is 6.37. The minimum atomic E-state index is -0.310. The van der Waals surface area contributed by atoms with Gasteiger partial charge in [0, 0.05) is 24.7 Å². The predicted octanol–water partition coefficient (Wildman–Crippen LogP) is 1.46. The molecule has 2 rings (SSSR count). The van der Waals surface area contributed by atoms with Gasteiger partial charge in [0.2, 0.25) is 0 Å². The van der Waals surface area contributed by atoms with E-state index in [4.69, 9.17) is 10.9 Å². The number of hydrogen-bond acceptors (Lipinski definition) is 5. The first-order valence-electron chi connectivity index (χ1n) is 5.96. The molecule has 7 heteroatoms. The third kappa shape index (κ3) is 3.14. The largest absolute Gasteiger partial charge is 0.409 e. The third-order valence-electron chi connectivity index (χ3n) is 2.69. The zero-order chi connectivity index (χ0) is 14.4. The molecule has 0 spiro atoms. The number of para-hydroxylation sites is 1. The molecule has 0 unspecified atom stereocenters. The second-order valence-corrected chi connectivity index (χ2v) is 4.02. The molecule has 0 atom stereocenters. The summed E-state index contributed by atoms with van der Waals surface area (Å²) in [5.74, 6) is -0.255. The van der Waals surface area contributed by atoms with Crippen LogP contribution in [0.5, 0.6) is 0 Å². The lowest BCUT2D eigenvalue weighted by molar-refractivity contribution is 0.0979. The van der Waals surface area contributed by atoms with E-state index < -0.39 is 0 Å². The van der Waals surface area contributed by atoms with Crippen LogP contribution < -0.4 is 10.6 Å². The third-order valence-corrected chi connectivity index (χ3v) is 2.69. The van der Waals surface area contributed by atoms with Crippen LogP contribution in [0.25, 0.3) is 0 Å². The van der Waals surface area contributed by atoms with E-state index in [1.54, 1.807) is 12.1 Å². The molecule has 0 bridgehead atoms. The maximum atomic E-state index is 12.4. The fraction of sp³-hybridized carbons (Fsp3) is 0.154. The fourth-order valence-electron chi connectivity index (χ4n) is 1.69. The molecule has 0 aliphatic rings. The minimum absolute atomic E-state index is 0.0545. The molecule has 1 aromatic heterocycles. The summed E-state index contributed by atoms with van der Waals surface area (Å²) in [4.78, 5) is 13.9. The van der Waals surface area contributed by atoms with Crippen LogP contribution >= 0.6 is 0 Å². The first kappa shape index (κ1) is 13.6. The maximum Gasteiger partial charge on any atom is 0.280 e. The van der Waals surface area contributed by atoms with E-state index >= 15 is 0 Å². The van der Waals surface area contributed by atoms with Crippen molar-refractivity contribution < 1.29 is 14.5 Å². The van der Waals surface area contributed by atoms with E-state index in [0.717, 1.165) is 0 Å². The smallest absolute Gasteiger partial charge is 0.280 e. The maximum absolute atomic E-state index is 12.4. The standard InChI is InChI=1S/C13H14N4O3/c14-12(15-19)6-8-17(10-4-2-1-3-5-10)13(18)11-7-9-20-16-11/h1-5,7,9,19H,6,8H2,(H2,14,15). The zero-order valence-electron chi connectivity index (χ0n) is 10.6. The number of oxime groups is 1. The summed E-state index contributed by atoms with van der Waals surface area (Å²) in [7, 11) is 0. The van der Waals surface area contributed by atoms with Gasteiger partial charge in [-0.3, -0.25) is 4.79 Å². The molecule has 1 heterocycles. The molecule has 2 aromatic rings. The topological polar surface area (TPSA) is 105 Å². The number of benzene rings is 1. The van der Waals surface area contributed by atoms with Gasteiger partial charge < -0.3 is 20.4 Å². The first-order chi connectivity index (χ1) is 9.72. The number of hydrogen-bond donors (Lipinski definition) is 2. The van der Waals surface area contributed by atoms with Gasteiger partial charge >= 0.3 is 0 Å². The number of carbonyl (C=O) groups is 1. The van der Waals surface area contributed by atoms with Crippen molar-refractivity contribution in [2.75, 3.05) is 11.4 Å². The average Bonchev–Trinajstić information content (AvgIpc) is 3.02. The number of anilines is 1. The molecule has 1 aromatic carbocycles. The number of rotatable bonds is 5. The Bertz CT molecular complexity index is 581. The highest BCUT2D eigenvalue weighted by molar-refractivity contribution is 6.05. The Kier molecular flexibility index (Phi) is 4.33. The van der Waals surface area contributed by atoms with Crippen molar-refractivity contribution in [3.8, 4) is 0 Å². The number of nitrogens with two attached hydrogens (primary N) is 1. The Morgan fingerprint density at radius 2 is 2.10 bits per heavy atom. The Morgan fingerprint density at radius 1 is 1.35 bits per heavy atom. The van der Waals surface area contributed by atoms with Gasteiger partial charge in [0.1, 0.15) is 12.1 Å². The lowest BCUT2D eigenvalue weighted by Gasteiger charge is -2.21. The Labute approximate surface area is 115 Å². The van der Waals surface area contributed by atoms with Crippen LogP contribution in [0.15, 0.2) is 52.3 Å². The van der Waals surface area contributed by atoms with E-state index in [9.17, 15) is 4.79 Å². The van der Waals surface area contributed by atoms with Crippen molar-refractivity contribution in [1.29, 1.82) is 0 Å². The molecule has 1 amide bonds. The second-order valence-electron chi connectivity index (χ2n) is 4.02. The van der Waals surface area contributed by atoms with Crippen LogP contribution in [0.4, 0.5) is 5.69 Å². The molecular weight excluding hydrogens is 260 g/mol. The molecule has 7 nitrogen and oxygen atoms in total. The van der Waals surface area contributed by atoms with Gasteiger partial charge in [0.15, 0.2) is 5.69 Å². The molecule has 104 valence electrons. The van der Waals surface area contributed by atoms with Crippen LogP contribution in [0.2, 0.25) is 0 Å². The monoisotopic (exact) mass is 274 g/mol. The Balaban J connectivity index is 2.22. The minimum Gasteiger partial charge on any atom is -0.409 e. The van der Waals surface area contributed by atoms with Crippen LogP contribution in [0.1, 0.15) is 16.9 Å². The quantitative estimate of drug-likeness (QED) is 0.371. The highest BCUT2D eigenvalue weighted by Crippen LogP contribution is 2.16. The number of aromatic nitrogens is 1. The van der Waals surface area contributed by atoms with Crippen LogP contribution in [0, 0.1) is 0 Å². The van der Waals surface area contributed by atoms with E-state index in [-0.39, 0.29) is 30.4 Å². The van der Waals surface area contributed by atoms with Gasteiger partial charge in [-0.2, -0.15) is 0 Å². The van der Waals surface area contributed by atoms with Crippen molar-refractivity contribution in [1.82, 2.24) is 5.16 Å². The lowest BCUT2D eigenvalue weighted by Crippen LogP contribution is -2.34. The molecule has 0 aliphatic carbocycles. The van der Waals surface area contributed by atoms with Gasteiger partial charge in [-0.1, -0.05) is 28.5 Å². The Morgan fingerprint density at radius 3 is 2.70 bits per heavy atom. The summed E-state index contributed by atoms with van der Waals surface area (Å²) in [5.41, 5.74) is 6.35. The van der Waals surface area contributed by atoms with E-state index in [1.165, 1.54) is 17.2 Å². The molecule has 0 aliphatic heterocycles. The Hall–Kier alpha value is -2.83. The van der Waals surface area contributed by atoms with Gasteiger partial charge in [-0.25, -0.2) is 0 Å². The van der Waals surface area contributed by atoms with Crippen molar-refractivity contribution in [2.45, 2.75) is 6.42 Å². The summed E-state index contributed by atoms with van der Waals surface area (Å²) in [6.45, 7) is 0.269. The van der Waals surface area contributed by atoms with Crippen molar-refractivity contribution >= 4 is 17.4 Å². The number of amidine groups is 1. The summed E-state index contributed by atoms with van der Waals surface area (Å²) < 4.78 is 4.68. The van der Waals surface area contributed by atoms with Crippen molar-refractivity contribution in [3.05, 3.63) is 48.4 Å². The van der Waals surface area contributed by atoms with Gasteiger partial charge in [-0.05, 0) is 12.1 Å². The molecule has 0 saturated heterocycles. The molecule has 0 radical (unpaired) electrons. The molecule has 0 fully saturated rings. The van der Waals surface area contributed by atoms with E-state index in [0.29, 0.717) is 5.69 Å². The predicted molar refractivity (Wildman–Crippen MR) is 72.6 cm³/mol. The number of carbonyl (C=O) groups excluding carboxylic acids is 1. The first-order valence-corrected chi connectivity index (χ1v) is 5.96.